The van der Waals surface area contributed by atoms with Crippen molar-refractivity contribution in [1.82, 2.24) is 19.6 Å². The van der Waals surface area contributed by atoms with Gasteiger partial charge in [0.15, 0.2) is 5.11 Å². The number of piperazine rings is 1. The van der Waals surface area contributed by atoms with Gasteiger partial charge in [0.25, 0.3) is 0 Å². The number of rotatable bonds is 6. The summed E-state index contributed by atoms with van der Waals surface area (Å²) in [6.07, 6.45) is 2.85. The second kappa shape index (κ2) is 9.69. The molecular formula is C20H29N5O2S2. The highest BCUT2D eigenvalue weighted by Crippen LogP contribution is 2.29. The van der Waals surface area contributed by atoms with Crippen molar-refractivity contribution in [2.75, 3.05) is 38.6 Å². The van der Waals surface area contributed by atoms with E-state index in [1.54, 1.807) is 11.3 Å². The van der Waals surface area contributed by atoms with Gasteiger partial charge in [0.1, 0.15) is 5.00 Å². The van der Waals surface area contributed by atoms with Crippen LogP contribution in [-0.4, -0.2) is 64.0 Å². The number of hydrogen-bond donors (Lipinski definition) is 1. The molecule has 0 spiro atoms. The number of anilines is 1. The predicted molar refractivity (Wildman–Crippen MR) is 121 cm³/mol. The number of methoxy groups -OCH3 is 1. The maximum atomic E-state index is 12.1. The Bertz CT molecular complexity index is 868. The molecular weight excluding hydrogens is 406 g/mol. The molecule has 158 valence electrons. The zero-order chi connectivity index (χ0) is 21.0. The Balaban J connectivity index is 1.57. The molecule has 9 heteroatoms. The summed E-state index contributed by atoms with van der Waals surface area (Å²) >= 11 is 7.19. The first-order chi connectivity index (χ1) is 14.0. The van der Waals surface area contributed by atoms with Gasteiger partial charge < -0.3 is 15.0 Å². The van der Waals surface area contributed by atoms with Crippen LogP contribution in [0.4, 0.5) is 5.00 Å². The first kappa shape index (κ1) is 21.7. The Morgan fingerprint density at radius 3 is 2.62 bits per heavy atom. The van der Waals surface area contributed by atoms with Crippen molar-refractivity contribution in [1.29, 1.82) is 0 Å². The van der Waals surface area contributed by atoms with Gasteiger partial charge in [-0.2, -0.15) is 5.10 Å². The molecule has 1 saturated heterocycles. The number of nitrogens with one attached hydrogen (secondary N) is 1. The number of thiophene rings is 1. The summed E-state index contributed by atoms with van der Waals surface area (Å²) in [5, 5.41) is 9.15. The van der Waals surface area contributed by atoms with Gasteiger partial charge in [0, 0.05) is 55.4 Å². The van der Waals surface area contributed by atoms with E-state index in [-0.39, 0.29) is 5.97 Å². The maximum absolute atomic E-state index is 12.1. The van der Waals surface area contributed by atoms with Gasteiger partial charge in [-0.15, -0.1) is 11.3 Å². The summed E-state index contributed by atoms with van der Waals surface area (Å²) in [5.74, 6) is -0.334. The number of ether oxygens (including phenoxy) is 1. The summed E-state index contributed by atoms with van der Waals surface area (Å²) in [7, 11) is 1.40. The van der Waals surface area contributed by atoms with Crippen LogP contribution >= 0.6 is 23.6 Å². The van der Waals surface area contributed by atoms with E-state index in [4.69, 9.17) is 17.0 Å². The van der Waals surface area contributed by atoms with Gasteiger partial charge in [-0.1, -0.05) is 6.92 Å². The van der Waals surface area contributed by atoms with Crippen LogP contribution in [0, 0.1) is 6.92 Å². The minimum absolute atomic E-state index is 0.334. The average molecular weight is 436 g/mol. The lowest BCUT2D eigenvalue weighted by Crippen LogP contribution is -2.49. The van der Waals surface area contributed by atoms with Crippen LogP contribution in [0.25, 0.3) is 0 Å². The summed E-state index contributed by atoms with van der Waals surface area (Å²) in [6, 6.07) is 1.89. The molecule has 3 rings (SSSR count). The van der Waals surface area contributed by atoms with Crippen LogP contribution in [0.15, 0.2) is 12.3 Å². The number of carbonyl (C=O) groups is 1. The minimum Gasteiger partial charge on any atom is -0.465 e. The van der Waals surface area contributed by atoms with Crippen LogP contribution in [-0.2, 0) is 24.2 Å². The molecule has 2 aromatic heterocycles. The number of nitrogens with zero attached hydrogens (tertiary/aromatic N) is 4. The lowest BCUT2D eigenvalue weighted by Gasteiger charge is -2.36. The second-order valence-corrected chi connectivity index (χ2v) is 8.59. The molecule has 0 atom stereocenters. The topological polar surface area (TPSA) is 62.6 Å². The fraction of sp³-hybridized carbons (Fsp3) is 0.550. The average Bonchev–Trinajstić information content (AvgIpc) is 3.31. The minimum atomic E-state index is -0.334. The molecule has 0 aromatic carbocycles. The smallest absolute Gasteiger partial charge is 0.340 e. The van der Waals surface area contributed by atoms with Crippen LogP contribution in [0.3, 0.4) is 0 Å². The highest BCUT2D eigenvalue weighted by atomic mass is 32.1. The summed E-state index contributed by atoms with van der Waals surface area (Å²) in [5.41, 5.74) is 3.08. The molecule has 3 heterocycles. The van der Waals surface area contributed by atoms with Crippen LogP contribution in [0.5, 0.6) is 0 Å². The zero-order valence-electron chi connectivity index (χ0n) is 17.5. The summed E-state index contributed by atoms with van der Waals surface area (Å²) in [6.45, 7) is 11.7. The first-order valence-corrected chi connectivity index (χ1v) is 11.2. The molecule has 1 aliphatic rings. The largest absolute Gasteiger partial charge is 0.465 e. The van der Waals surface area contributed by atoms with Crippen molar-refractivity contribution in [2.24, 2.45) is 0 Å². The maximum Gasteiger partial charge on any atom is 0.340 e. The Kier molecular flexibility index (Phi) is 7.26. The molecule has 0 aliphatic carbocycles. The molecule has 7 nitrogen and oxygen atoms in total. The van der Waals surface area contributed by atoms with Crippen LogP contribution in [0.1, 0.15) is 40.3 Å². The van der Waals surface area contributed by atoms with Crippen molar-refractivity contribution in [3.8, 4) is 0 Å². The predicted octanol–water partition coefficient (Wildman–Crippen LogP) is 3.14. The van der Waals surface area contributed by atoms with Crippen molar-refractivity contribution < 1.29 is 9.53 Å². The third-order valence-corrected chi connectivity index (χ3v) is 6.87. The van der Waals surface area contributed by atoms with Crippen molar-refractivity contribution in [2.45, 2.75) is 40.3 Å². The summed E-state index contributed by atoms with van der Waals surface area (Å²) in [4.78, 5) is 17.8. The number of aromatic nitrogens is 2. The van der Waals surface area contributed by atoms with Gasteiger partial charge in [0.05, 0.1) is 18.9 Å². The van der Waals surface area contributed by atoms with E-state index in [1.807, 2.05) is 16.9 Å². The molecule has 1 aliphatic heterocycles. The van der Waals surface area contributed by atoms with E-state index in [0.29, 0.717) is 10.7 Å². The Hall–Kier alpha value is -1.97. The highest BCUT2D eigenvalue weighted by Gasteiger charge is 2.23. The van der Waals surface area contributed by atoms with E-state index >= 15 is 0 Å². The van der Waals surface area contributed by atoms with Crippen molar-refractivity contribution in [3.05, 3.63) is 34.0 Å². The quantitative estimate of drug-likeness (QED) is 0.552. The van der Waals surface area contributed by atoms with E-state index < -0.39 is 0 Å². The Labute approximate surface area is 181 Å². The van der Waals surface area contributed by atoms with Crippen LogP contribution < -0.4 is 5.32 Å². The first-order valence-electron chi connectivity index (χ1n) is 9.97. The highest BCUT2D eigenvalue weighted by molar-refractivity contribution is 7.80. The fourth-order valence-corrected chi connectivity index (χ4v) is 4.79. The zero-order valence-corrected chi connectivity index (χ0v) is 19.2. The number of thiocarbonyl (C=S) groups is 1. The normalized spacial score (nSPS) is 14.8. The van der Waals surface area contributed by atoms with Gasteiger partial charge in [-0.05, 0) is 38.6 Å². The molecule has 0 saturated carbocycles. The summed E-state index contributed by atoms with van der Waals surface area (Å²) < 4.78 is 6.95. The lowest BCUT2D eigenvalue weighted by atomic mass is 10.2. The molecule has 1 N–H and O–H groups in total. The molecule has 1 fully saturated rings. The fourth-order valence-electron chi connectivity index (χ4n) is 3.46. The third kappa shape index (κ3) is 4.96. The Morgan fingerprint density at radius 1 is 1.31 bits per heavy atom. The van der Waals surface area contributed by atoms with Gasteiger partial charge in [-0.25, -0.2) is 4.79 Å². The van der Waals surface area contributed by atoms with Gasteiger partial charge in [-0.3, -0.25) is 9.58 Å². The lowest BCUT2D eigenvalue weighted by molar-refractivity contribution is 0.0602. The van der Waals surface area contributed by atoms with E-state index in [0.717, 1.165) is 55.6 Å². The third-order valence-electron chi connectivity index (χ3n) is 5.32. The number of carbonyl (C=O) groups excluding carboxylic acids is 1. The molecule has 0 amide bonds. The molecule has 2 aromatic rings. The monoisotopic (exact) mass is 435 g/mol. The molecule has 0 unspecified atom stereocenters. The van der Waals surface area contributed by atoms with E-state index in [2.05, 4.69) is 41.0 Å². The Morgan fingerprint density at radius 2 is 2.03 bits per heavy atom. The molecule has 29 heavy (non-hydrogen) atoms. The molecule has 0 radical (unpaired) electrons. The van der Waals surface area contributed by atoms with Crippen molar-refractivity contribution >= 4 is 39.6 Å². The van der Waals surface area contributed by atoms with Crippen LogP contribution in [0.2, 0.25) is 0 Å². The van der Waals surface area contributed by atoms with E-state index in [1.165, 1.54) is 18.4 Å². The number of esters is 1. The standard InChI is InChI=1S/C20H29N5O2S2/c1-5-16-11-17(19(26)27-4)18(29-16)22-20(28)24-9-7-23(8-10-24)13-15-12-21-25(6-2)14(15)3/h11-12H,5-10,13H2,1-4H3,(H,22,28). The number of aryl methyl sites for hydroxylation is 2. The number of hydrogen-bond acceptors (Lipinski definition) is 6. The van der Waals surface area contributed by atoms with Gasteiger partial charge in [0.2, 0.25) is 0 Å². The molecule has 0 bridgehead atoms. The van der Waals surface area contributed by atoms with Gasteiger partial charge >= 0.3 is 5.97 Å². The van der Waals surface area contributed by atoms with Crippen molar-refractivity contribution in [3.63, 3.8) is 0 Å². The SMILES string of the molecule is CCc1cc(C(=O)OC)c(NC(=S)N2CCN(Cc3cnn(CC)c3C)CC2)s1. The van der Waals surface area contributed by atoms with E-state index in [9.17, 15) is 4.79 Å². The second-order valence-electron chi connectivity index (χ2n) is 7.06.